The molecular weight excluding hydrogens is 308 g/mol. The Bertz CT molecular complexity index is 500. The highest BCUT2D eigenvalue weighted by Gasteiger charge is 2.16. The number of halogens is 1. The van der Waals surface area contributed by atoms with E-state index in [2.05, 4.69) is 16.5 Å². The number of rotatable bonds is 6. The minimum Gasteiger partial charge on any atom is -0.303 e. The Labute approximate surface area is 134 Å². The lowest BCUT2D eigenvalue weighted by Gasteiger charge is -2.30. The van der Waals surface area contributed by atoms with Crippen LogP contribution in [0.1, 0.15) is 26.2 Å². The van der Waals surface area contributed by atoms with Crippen molar-refractivity contribution in [3.8, 4) is 0 Å². The van der Waals surface area contributed by atoms with Gasteiger partial charge < -0.3 is 4.90 Å². The molecule has 1 aromatic rings. The van der Waals surface area contributed by atoms with Crippen molar-refractivity contribution in [3.63, 3.8) is 0 Å². The Kier molecular flexibility index (Phi) is 7.66. The average molecular weight is 333 g/mol. The summed E-state index contributed by atoms with van der Waals surface area (Å²) >= 11 is 0. The van der Waals surface area contributed by atoms with E-state index in [9.17, 15) is 8.42 Å². The molecule has 0 spiro atoms. The predicted octanol–water partition coefficient (Wildman–Crippen LogP) is 2.51. The van der Waals surface area contributed by atoms with Crippen molar-refractivity contribution in [2.75, 3.05) is 26.2 Å². The van der Waals surface area contributed by atoms with Gasteiger partial charge >= 0.3 is 0 Å². The fourth-order valence-electron chi connectivity index (χ4n) is 2.48. The van der Waals surface area contributed by atoms with Gasteiger partial charge in [-0.1, -0.05) is 25.1 Å². The summed E-state index contributed by atoms with van der Waals surface area (Å²) in [4.78, 5) is 2.77. The van der Waals surface area contributed by atoms with Gasteiger partial charge in [-0.25, -0.2) is 13.1 Å². The number of piperidine rings is 1. The smallest absolute Gasteiger partial charge is 0.240 e. The molecule has 0 amide bonds. The molecule has 0 aromatic heterocycles. The van der Waals surface area contributed by atoms with Crippen molar-refractivity contribution < 1.29 is 8.42 Å². The standard InChI is InChI=1S/C15H24N2O2S.ClH/c1-14-8-12-17(13-9-14)11-5-10-16-20(18,19)15-6-3-2-4-7-15;/h2-4,6-7,14,16H,5,8-13H2,1H3;1H. The second kappa shape index (κ2) is 8.73. The van der Waals surface area contributed by atoms with E-state index in [1.807, 2.05) is 6.07 Å². The highest BCUT2D eigenvalue weighted by atomic mass is 35.5. The Balaban J connectivity index is 0.00000220. The molecule has 0 aliphatic carbocycles. The maximum Gasteiger partial charge on any atom is 0.240 e. The fourth-order valence-corrected chi connectivity index (χ4v) is 3.57. The van der Waals surface area contributed by atoms with E-state index in [1.54, 1.807) is 24.3 Å². The Hall–Kier alpha value is -0.620. The molecule has 21 heavy (non-hydrogen) atoms. The summed E-state index contributed by atoms with van der Waals surface area (Å²) in [6, 6.07) is 8.53. The lowest BCUT2D eigenvalue weighted by Crippen LogP contribution is -2.35. The van der Waals surface area contributed by atoms with Gasteiger partial charge in [-0.3, -0.25) is 0 Å². The molecular formula is C15H25ClN2O2S. The van der Waals surface area contributed by atoms with Gasteiger partial charge in [0.15, 0.2) is 0 Å². The summed E-state index contributed by atoms with van der Waals surface area (Å²) in [6.07, 6.45) is 3.38. The van der Waals surface area contributed by atoms with Crippen LogP contribution in [0.4, 0.5) is 0 Å². The topological polar surface area (TPSA) is 49.4 Å². The molecule has 6 heteroatoms. The van der Waals surface area contributed by atoms with Crippen LogP contribution in [0.3, 0.4) is 0 Å². The van der Waals surface area contributed by atoms with E-state index in [-0.39, 0.29) is 12.4 Å². The van der Waals surface area contributed by atoms with Gasteiger partial charge in [0.05, 0.1) is 4.90 Å². The third-order valence-corrected chi connectivity index (χ3v) is 5.35. The summed E-state index contributed by atoms with van der Waals surface area (Å²) < 4.78 is 26.7. The minimum atomic E-state index is -3.34. The second-order valence-corrected chi connectivity index (χ2v) is 7.36. The van der Waals surface area contributed by atoms with Gasteiger partial charge in [0.25, 0.3) is 0 Å². The molecule has 1 aliphatic heterocycles. The maximum atomic E-state index is 12.0. The first-order valence-corrected chi connectivity index (χ1v) is 8.83. The first-order chi connectivity index (χ1) is 9.58. The van der Waals surface area contributed by atoms with E-state index >= 15 is 0 Å². The van der Waals surface area contributed by atoms with Gasteiger partial charge in [-0.05, 0) is 56.9 Å². The number of nitrogens with zero attached hydrogens (tertiary/aromatic N) is 1. The van der Waals surface area contributed by atoms with Crippen LogP contribution in [-0.4, -0.2) is 39.5 Å². The minimum absolute atomic E-state index is 0. The zero-order valence-corrected chi connectivity index (χ0v) is 14.1. The zero-order chi connectivity index (χ0) is 14.4. The van der Waals surface area contributed by atoms with Crippen LogP contribution in [-0.2, 0) is 10.0 Å². The van der Waals surface area contributed by atoms with E-state index in [4.69, 9.17) is 0 Å². The molecule has 1 fully saturated rings. The van der Waals surface area contributed by atoms with Gasteiger partial charge in [0.2, 0.25) is 10.0 Å². The number of benzene rings is 1. The fraction of sp³-hybridized carbons (Fsp3) is 0.600. The number of nitrogens with one attached hydrogen (secondary N) is 1. The normalized spacial score (nSPS) is 17.4. The van der Waals surface area contributed by atoms with Crippen molar-refractivity contribution in [1.82, 2.24) is 9.62 Å². The van der Waals surface area contributed by atoms with Gasteiger partial charge in [-0.15, -0.1) is 12.4 Å². The Morgan fingerprint density at radius 2 is 1.81 bits per heavy atom. The monoisotopic (exact) mass is 332 g/mol. The predicted molar refractivity (Wildman–Crippen MR) is 88.3 cm³/mol. The molecule has 4 nitrogen and oxygen atoms in total. The molecule has 0 saturated carbocycles. The summed E-state index contributed by atoms with van der Waals surface area (Å²) in [5.74, 6) is 0.836. The van der Waals surface area contributed by atoms with E-state index in [1.165, 1.54) is 12.8 Å². The summed E-state index contributed by atoms with van der Waals surface area (Å²) in [5, 5.41) is 0. The first kappa shape index (κ1) is 18.4. The largest absolute Gasteiger partial charge is 0.303 e. The Morgan fingerprint density at radius 1 is 1.19 bits per heavy atom. The molecule has 1 aromatic carbocycles. The van der Waals surface area contributed by atoms with E-state index < -0.39 is 10.0 Å². The summed E-state index contributed by atoms with van der Waals surface area (Å²) in [5.41, 5.74) is 0. The van der Waals surface area contributed by atoms with Crippen LogP contribution in [0.25, 0.3) is 0 Å². The number of hydrogen-bond donors (Lipinski definition) is 1. The van der Waals surface area contributed by atoms with Gasteiger partial charge in [-0.2, -0.15) is 0 Å². The lowest BCUT2D eigenvalue weighted by atomic mass is 9.99. The van der Waals surface area contributed by atoms with Crippen LogP contribution >= 0.6 is 12.4 Å². The molecule has 0 radical (unpaired) electrons. The lowest BCUT2D eigenvalue weighted by molar-refractivity contribution is 0.191. The molecule has 2 rings (SSSR count). The van der Waals surface area contributed by atoms with E-state index in [0.717, 1.165) is 32.0 Å². The SMILES string of the molecule is CC1CCN(CCCNS(=O)(=O)c2ccccc2)CC1.Cl. The molecule has 1 aliphatic rings. The summed E-state index contributed by atoms with van der Waals surface area (Å²) in [7, 11) is -3.34. The van der Waals surface area contributed by atoms with Crippen molar-refractivity contribution in [1.29, 1.82) is 0 Å². The van der Waals surface area contributed by atoms with Gasteiger partial charge in [0, 0.05) is 6.54 Å². The molecule has 1 saturated heterocycles. The third kappa shape index (κ3) is 5.94. The quantitative estimate of drug-likeness (QED) is 0.814. The van der Waals surface area contributed by atoms with Crippen LogP contribution in [0.5, 0.6) is 0 Å². The zero-order valence-electron chi connectivity index (χ0n) is 12.5. The number of sulfonamides is 1. The highest BCUT2D eigenvalue weighted by Crippen LogP contribution is 2.15. The molecule has 0 unspecified atom stereocenters. The summed E-state index contributed by atoms with van der Waals surface area (Å²) in [6.45, 7) is 6.07. The van der Waals surface area contributed by atoms with Crippen molar-refractivity contribution in [3.05, 3.63) is 30.3 Å². The average Bonchev–Trinajstić information content (AvgIpc) is 2.46. The van der Waals surface area contributed by atoms with Crippen molar-refractivity contribution in [2.24, 2.45) is 5.92 Å². The number of hydrogen-bond acceptors (Lipinski definition) is 3. The van der Waals surface area contributed by atoms with Gasteiger partial charge in [0.1, 0.15) is 0 Å². The van der Waals surface area contributed by atoms with Crippen molar-refractivity contribution >= 4 is 22.4 Å². The molecule has 0 atom stereocenters. The second-order valence-electron chi connectivity index (χ2n) is 5.59. The Morgan fingerprint density at radius 3 is 2.43 bits per heavy atom. The van der Waals surface area contributed by atoms with Crippen molar-refractivity contribution in [2.45, 2.75) is 31.1 Å². The van der Waals surface area contributed by atoms with Crippen LogP contribution in [0, 0.1) is 5.92 Å². The van der Waals surface area contributed by atoms with E-state index in [0.29, 0.717) is 11.4 Å². The maximum absolute atomic E-state index is 12.0. The molecule has 1 heterocycles. The molecule has 1 N–H and O–H groups in total. The van der Waals surface area contributed by atoms with Crippen LogP contribution < -0.4 is 4.72 Å². The van der Waals surface area contributed by atoms with Crippen LogP contribution in [0.15, 0.2) is 35.2 Å². The molecule has 120 valence electrons. The third-order valence-electron chi connectivity index (χ3n) is 3.87. The number of likely N-dealkylation sites (tertiary alicyclic amines) is 1. The highest BCUT2D eigenvalue weighted by molar-refractivity contribution is 7.89. The first-order valence-electron chi connectivity index (χ1n) is 7.35. The molecule has 0 bridgehead atoms. The van der Waals surface area contributed by atoms with Crippen LogP contribution in [0.2, 0.25) is 0 Å².